The van der Waals surface area contributed by atoms with E-state index in [1.165, 1.54) is 18.2 Å². The fraction of sp³-hybridized carbons (Fsp3) is 0.111. The molecule has 2 rings (SSSR count). The molecule has 0 atom stereocenters. The Bertz CT molecular complexity index is 537. The van der Waals surface area contributed by atoms with E-state index >= 15 is 0 Å². The second-order valence-corrected chi connectivity index (χ2v) is 2.81. The normalized spacial score (nSPS) is 10.9. The first-order valence-electron chi connectivity index (χ1n) is 4.15. The van der Waals surface area contributed by atoms with E-state index in [-0.39, 0.29) is 16.8 Å². The van der Waals surface area contributed by atoms with Crippen LogP contribution in [0.25, 0.3) is 11.1 Å². The highest BCUT2D eigenvalue weighted by Gasteiger charge is 2.17. The molecule has 5 nitrogen and oxygen atoms in total. The van der Waals surface area contributed by atoms with Crippen molar-refractivity contribution in [2.45, 2.75) is 6.61 Å². The van der Waals surface area contributed by atoms with Gasteiger partial charge < -0.3 is 14.3 Å². The Hall–Kier alpha value is -2.18. The number of benzene rings is 1. The highest BCUT2D eigenvalue weighted by molar-refractivity contribution is 5.88. The SMILES string of the molecule is O=C(O)c1nc2cccc(OC(F)F)c2o1. The van der Waals surface area contributed by atoms with Gasteiger partial charge in [0.1, 0.15) is 5.52 Å². The summed E-state index contributed by atoms with van der Waals surface area (Å²) in [5, 5.41) is 8.61. The number of halogens is 2. The molecular weight excluding hydrogens is 224 g/mol. The van der Waals surface area contributed by atoms with Crippen LogP contribution in [0, 0.1) is 0 Å². The average Bonchev–Trinajstić information content (AvgIpc) is 2.61. The Morgan fingerprint density at radius 3 is 2.88 bits per heavy atom. The zero-order valence-electron chi connectivity index (χ0n) is 7.68. The van der Waals surface area contributed by atoms with Crippen molar-refractivity contribution in [1.29, 1.82) is 0 Å². The number of ether oxygens (including phenoxy) is 1. The zero-order valence-corrected chi connectivity index (χ0v) is 7.68. The number of carboxylic acid groups (broad SMARTS) is 1. The Morgan fingerprint density at radius 1 is 1.50 bits per heavy atom. The summed E-state index contributed by atoms with van der Waals surface area (Å²) >= 11 is 0. The minimum absolute atomic E-state index is 0.111. The number of alkyl halides is 2. The number of carboxylic acids is 1. The van der Waals surface area contributed by atoms with Gasteiger partial charge in [0.25, 0.3) is 0 Å². The Morgan fingerprint density at radius 2 is 2.25 bits per heavy atom. The molecule has 0 aliphatic rings. The van der Waals surface area contributed by atoms with Crippen LogP contribution in [0.15, 0.2) is 22.6 Å². The maximum absolute atomic E-state index is 12.0. The van der Waals surface area contributed by atoms with Gasteiger partial charge in [-0.25, -0.2) is 9.78 Å². The molecule has 0 amide bonds. The Labute approximate surface area is 87.3 Å². The van der Waals surface area contributed by atoms with Gasteiger partial charge in [0, 0.05) is 0 Å². The van der Waals surface area contributed by atoms with Gasteiger partial charge in [-0.2, -0.15) is 8.78 Å². The summed E-state index contributed by atoms with van der Waals surface area (Å²) in [5.41, 5.74) is 0.0377. The third-order valence-corrected chi connectivity index (χ3v) is 1.78. The van der Waals surface area contributed by atoms with Crippen LogP contribution < -0.4 is 4.74 Å². The Kier molecular flexibility index (Phi) is 2.43. The molecule has 0 fully saturated rings. The summed E-state index contributed by atoms with van der Waals surface area (Å²) in [4.78, 5) is 14.1. The molecule has 0 radical (unpaired) electrons. The van der Waals surface area contributed by atoms with Gasteiger partial charge in [-0.3, -0.25) is 0 Å². The van der Waals surface area contributed by atoms with Crippen LogP contribution in [0.1, 0.15) is 10.7 Å². The van der Waals surface area contributed by atoms with Gasteiger partial charge in [0.15, 0.2) is 11.3 Å². The molecule has 16 heavy (non-hydrogen) atoms. The van der Waals surface area contributed by atoms with Crippen LogP contribution in [0.5, 0.6) is 5.75 Å². The largest absolute Gasteiger partial charge is 0.474 e. The summed E-state index contributed by atoms with van der Waals surface area (Å²) in [6, 6.07) is 4.09. The molecule has 0 saturated carbocycles. The molecule has 1 N–H and O–H groups in total. The van der Waals surface area contributed by atoms with Gasteiger partial charge in [-0.15, -0.1) is 0 Å². The number of hydrogen-bond donors (Lipinski definition) is 1. The molecule has 7 heteroatoms. The van der Waals surface area contributed by atoms with Gasteiger partial charge in [0.05, 0.1) is 0 Å². The lowest BCUT2D eigenvalue weighted by Crippen LogP contribution is -2.01. The topological polar surface area (TPSA) is 72.6 Å². The number of nitrogens with zero attached hydrogens (tertiary/aromatic N) is 1. The number of aromatic nitrogens is 1. The van der Waals surface area contributed by atoms with Crippen molar-refractivity contribution in [3.8, 4) is 5.75 Å². The van der Waals surface area contributed by atoms with Crippen molar-refractivity contribution in [1.82, 2.24) is 4.98 Å². The first kappa shape index (κ1) is 10.3. The number of rotatable bonds is 3. The number of fused-ring (bicyclic) bond motifs is 1. The lowest BCUT2D eigenvalue weighted by atomic mass is 10.3. The van der Waals surface area contributed by atoms with Crippen molar-refractivity contribution < 1.29 is 27.8 Å². The molecule has 0 spiro atoms. The van der Waals surface area contributed by atoms with Crippen LogP contribution in [-0.4, -0.2) is 22.7 Å². The Balaban J connectivity index is 2.54. The minimum atomic E-state index is -3.01. The van der Waals surface area contributed by atoms with Crippen molar-refractivity contribution in [2.75, 3.05) is 0 Å². The molecule has 0 aliphatic carbocycles. The highest BCUT2D eigenvalue weighted by Crippen LogP contribution is 2.27. The van der Waals surface area contributed by atoms with Gasteiger partial charge in [-0.05, 0) is 12.1 Å². The second-order valence-electron chi connectivity index (χ2n) is 2.81. The maximum Gasteiger partial charge on any atom is 0.392 e. The third-order valence-electron chi connectivity index (χ3n) is 1.78. The van der Waals surface area contributed by atoms with E-state index in [0.717, 1.165) is 0 Å². The monoisotopic (exact) mass is 229 g/mol. The van der Waals surface area contributed by atoms with Crippen molar-refractivity contribution >= 4 is 17.1 Å². The summed E-state index contributed by atoms with van der Waals surface area (Å²) in [5.74, 6) is -2.19. The van der Waals surface area contributed by atoms with Crippen LogP contribution in [0.4, 0.5) is 8.78 Å². The second kappa shape index (κ2) is 3.76. The minimum Gasteiger partial charge on any atom is -0.474 e. The zero-order chi connectivity index (χ0) is 11.7. The summed E-state index contributed by atoms with van der Waals surface area (Å²) in [7, 11) is 0. The van der Waals surface area contributed by atoms with Crippen LogP contribution in [-0.2, 0) is 0 Å². The van der Waals surface area contributed by atoms with E-state index in [9.17, 15) is 13.6 Å². The lowest BCUT2D eigenvalue weighted by molar-refractivity contribution is -0.0493. The first-order chi connectivity index (χ1) is 7.58. The smallest absolute Gasteiger partial charge is 0.392 e. The molecule has 1 aromatic heterocycles. The fourth-order valence-corrected chi connectivity index (χ4v) is 1.20. The molecular formula is C9H5F2NO4. The number of hydrogen-bond acceptors (Lipinski definition) is 4. The van der Waals surface area contributed by atoms with Crippen molar-refractivity contribution in [2.24, 2.45) is 0 Å². The highest BCUT2D eigenvalue weighted by atomic mass is 19.3. The van der Waals surface area contributed by atoms with E-state index in [1.54, 1.807) is 0 Å². The van der Waals surface area contributed by atoms with Crippen LogP contribution >= 0.6 is 0 Å². The molecule has 0 saturated heterocycles. The predicted molar refractivity (Wildman–Crippen MR) is 47.6 cm³/mol. The molecule has 84 valence electrons. The molecule has 0 unspecified atom stereocenters. The molecule has 1 heterocycles. The fourth-order valence-electron chi connectivity index (χ4n) is 1.20. The van der Waals surface area contributed by atoms with Crippen molar-refractivity contribution in [3.05, 3.63) is 24.1 Å². The molecule has 0 bridgehead atoms. The van der Waals surface area contributed by atoms with E-state index in [4.69, 9.17) is 9.52 Å². The van der Waals surface area contributed by atoms with E-state index in [0.29, 0.717) is 0 Å². The summed E-state index contributed by atoms with van der Waals surface area (Å²) in [6.45, 7) is -3.01. The van der Waals surface area contributed by atoms with E-state index in [2.05, 4.69) is 9.72 Å². The van der Waals surface area contributed by atoms with E-state index in [1.807, 2.05) is 0 Å². The average molecular weight is 229 g/mol. The first-order valence-corrected chi connectivity index (χ1v) is 4.15. The van der Waals surface area contributed by atoms with Crippen LogP contribution in [0.3, 0.4) is 0 Å². The number of aromatic carboxylic acids is 1. The lowest BCUT2D eigenvalue weighted by Gasteiger charge is -2.02. The van der Waals surface area contributed by atoms with Crippen molar-refractivity contribution in [3.63, 3.8) is 0 Å². The molecule has 2 aromatic rings. The van der Waals surface area contributed by atoms with Gasteiger partial charge in [0.2, 0.25) is 0 Å². The number of carbonyl (C=O) groups is 1. The number of oxazole rings is 1. The standard InChI is InChI=1S/C9H5F2NO4/c10-9(11)15-5-3-1-2-4-6(5)16-7(12-4)8(13)14/h1-3,9H,(H,13,14). The summed E-state index contributed by atoms with van der Waals surface area (Å²) < 4.78 is 33.0. The van der Waals surface area contributed by atoms with Gasteiger partial charge in [-0.1, -0.05) is 6.07 Å². The maximum atomic E-state index is 12.0. The number of para-hydroxylation sites is 1. The molecule has 1 aromatic carbocycles. The van der Waals surface area contributed by atoms with Gasteiger partial charge >= 0.3 is 18.5 Å². The third kappa shape index (κ3) is 1.79. The quantitative estimate of drug-likeness (QED) is 0.872. The summed E-state index contributed by atoms with van der Waals surface area (Å²) in [6.07, 6.45) is 0. The van der Waals surface area contributed by atoms with E-state index < -0.39 is 18.5 Å². The predicted octanol–water partition coefficient (Wildman–Crippen LogP) is 2.13. The molecule has 0 aliphatic heterocycles. The van der Waals surface area contributed by atoms with Crippen LogP contribution in [0.2, 0.25) is 0 Å².